The van der Waals surface area contributed by atoms with E-state index in [0.29, 0.717) is 0 Å². The Morgan fingerprint density at radius 3 is 2.62 bits per heavy atom. The summed E-state index contributed by atoms with van der Waals surface area (Å²) in [5.41, 5.74) is 0. The Morgan fingerprint density at radius 1 is 1.00 bits per heavy atom. The van der Waals surface area contributed by atoms with Crippen molar-refractivity contribution >= 4 is 23.0 Å². The van der Waals surface area contributed by atoms with E-state index in [-0.39, 0.29) is 0 Å². The van der Waals surface area contributed by atoms with Crippen molar-refractivity contribution in [3.05, 3.63) is 42.5 Å². The lowest BCUT2D eigenvalue weighted by Gasteiger charge is -2.04. The van der Waals surface area contributed by atoms with Crippen molar-refractivity contribution in [1.29, 1.82) is 0 Å². The van der Waals surface area contributed by atoms with E-state index < -0.39 is 0 Å². The van der Waals surface area contributed by atoms with Crippen LogP contribution >= 0.6 is 12.2 Å². The molecule has 66 valence electrons. The SMILES string of the molecule is NSOc1cccc2ccccc12. The monoisotopic (exact) mass is 191 g/mol. The van der Waals surface area contributed by atoms with Crippen LogP contribution in [0.5, 0.6) is 5.75 Å². The Balaban J connectivity index is 2.61. The Bertz CT molecular complexity index is 411. The lowest BCUT2D eigenvalue weighted by atomic mass is 10.1. The molecular weight excluding hydrogens is 182 g/mol. The molecule has 0 aromatic heterocycles. The van der Waals surface area contributed by atoms with Crippen LogP contribution in [0.2, 0.25) is 0 Å². The third-order valence-corrected chi connectivity index (χ3v) is 2.16. The number of fused-ring (bicyclic) bond motifs is 1. The van der Waals surface area contributed by atoms with E-state index in [0.717, 1.165) is 28.8 Å². The van der Waals surface area contributed by atoms with Crippen LogP contribution in [0.3, 0.4) is 0 Å². The van der Waals surface area contributed by atoms with Gasteiger partial charge in [-0.1, -0.05) is 36.4 Å². The largest absolute Gasteiger partial charge is 0.409 e. The van der Waals surface area contributed by atoms with E-state index in [2.05, 4.69) is 0 Å². The quantitative estimate of drug-likeness (QED) is 0.585. The summed E-state index contributed by atoms with van der Waals surface area (Å²) in [6, 6.07) is 13.9. The lowest BCUT2D eigenvalue weighted by molar-refractivity contribution is 0.655. The summed E-state index contributed by atoms with van der Waals surface area (Å²) in [5.74, 6) is 0.811. The highest BCUT2D eigenvalue weighted by molar-refractivity contribution is 7.92. The molecule has 2 nitrogen and oxygen atoms in total. The fraction of sp³-hybridized carbons (Fsp3) is 0. The van der Waals surface area contributed by atoms with E-state index >= 15 is 0 Å². The minimum Gasteiger partial charge on any atom is -0.409 e. The summed E-state index contributed by atoms with van der Waals surface area (Å²) in [7, 11) is 0. The number of hydrogen-bond acceptors (Lipinski definition) is 3. The maximum absolute atomic E-state index is 5.25. The highest BCUT2D eigenvalue weighted by Gasteiger charge is 1.99. The third kappa shape index (κ3) is 1.61. The van der Waals surface area contributed by atoms with Gasteiger partial charge in [0.1, 0.15) is 18.0 Å². The molecule has 0 saturated heterocycles. The predicted octanol–water partition coefficient (Wildman–Crippen LogP) is 2.74. The van der Waals surface area contributed by atoms with Crippen LogP contribution in [0, 0.1) is 0 Å². The second-order valence-electron chi connectivity index (χ2n) is 2.66. The van der Waals surface area contributed by atoms with Crippen molar-refractivity contribution in [3.63, 3.8) is 0 Å². The van der Waals surface area contributed by atoms with E-state index in [1.54, 1.807) is 0 Å². The molecule has 0 heterocycles. The zero-order valence-corrected chi connectivity index (χ0v) is 7.75. The van der Waals surface area contributed by atoms with Gasteiger partial charge in [-0.25, -0.2) is 5.14 Å². The van der Waals surface area contributed by atoms with Gasteiger partial charge in [0, 0.05) is 5.39 Å². The van der Waals surface area contributed by atoms with E-state index in [1.165, 1.54) is 0 Å². The molecule has 0 saturated carbocycles. The van der Waals surface area contributed by atoms with Gasteiger partial charge in [0.15, 0.2) is 0 Å². The standard InChI is InChI=1S/C10H9NOS/c11-13-12-10-7-3-5-8-4-1-2-6-9(8)10/h1-7H,11H2. The van der Waals surface area contributed by atoms with Crippen molar-refractivity contribution in [2.75, 3.05) is 0 Å². The zero-order chi connectivity index (χ0) is 9.10. The van der Waals surface area contributed by atoms with Crippen LogP contribution in [-0.2, 0) is 0 Å². The van der Waals surface area contributed by atoms with Crippen LogP contribution in [0.1, 0.15) is 0 Å². The molecule has 0 bridgehead atoms. The van der Waals surface area contributed by atoms with E-state index in [9.17, 15) is 0 Å². The van der Waals surface area contributed by atoms with Gasteiger partial charge in [-0.2, -0.15) is 0 Å². The molecule has 2 aromatic rings. The van der Waals surface area contributed by atoms with Crippen molar-refractivity contribution in [3.8, 4) is 5.75 Å². The smallest absolute Gasteiger partial charge is 0.147 e. The molecule has 2 aromatic carbocycles. The van der Waals surface area contributed by atoms with Crippen LogP contribution < -0.4 is 9.32 Å². The fourth-order valence-electron chi connectivity index (χ4n) is 1.32. The molecule has 0 spiro atoms. The first-order chi connectivity index (χ1) is 6.42. The molecule has 0 aliphatic rings. The van der Waals surface area contributed by atoms with Crippen molar-refractivity contribution in [2.45, 2.75) is 0 Å². The Kier molecular flexibility index (Phi) is 2.38. The zero-order valence-electron chi connectivity index (χ0n) is 6.94. The third-order valence-electron chi connectivity index (χ3n) is 1.89. The predicted molar refractivity (Wildman–Crippen MR) is 56.4 cm³/mol. The molecule has 0 unspecified atom stereocenters. The minimum atomic E-state index is 0.811. The first-order valence-electron chi connectivity index (χ1n) is 3.93. The summed E-state index contributed by atoms with van der Waals surface area (Å²) in [4.78, 5) is 0. The molecule has 3 heteroatoms. The van der Waals surface area contributed by atoms with Crippen LogP contribution in [-0.4, -0.2) is 0 Å². The summed E-state index contributed by atoms with van der Waals surface area (Å²) in [6.07, 6.45) is 0. The van der Waals surface area contributed by atoms with Crippen molar-refractivity contribution in [1.82, 2.24) is 0 Å². The van der Waals surface area contributed by atoms with Gasteiger partial charge in [0.25, 0.3) is 0 Å². The first kappa shape index (κ1) is 8.41. The van der Waals surface area contributed by atoms with Gasteiger partial charge in [-0.15, -0.1) is 0 Å². The normalized spacial score (nSPS) is 10.2. The second-order valence-corrected chi connectivity index (χ2v) is 3.02. The summed E-state index contributed by atoms with van der Waals surface area (Å²) >= 11 is 0.870. The van der Waals surface area contributed by atoms with Crippen molar-refractivity contribution < 1.29 is 4.18 Å². The second kappa shape index (κ2) is 3.68. The molecule has 0 aliphatic carbocycles. The van der Waals surface area contributed by atoms with Crippen LogP contribution in [0.25, 0.3) is 10.8 Å². The topological polar surface area (TPSA) is 35.2 Å². The molecule has 0 radical (unpaired) electrons. The highest BCUT2D eigenvalue weighted by atomic mass is 32.2. The summed E-state index contributed by atoms with van der Waals surface area (Å²) in [6.45, 7) is 0. The average Bonchev–Trinajstić information content (AvgIpc) is 2.19. The molecule has 13 heavy (non-hydrogen) atoms. The van der Waals surface area contributed by atoms with E-state index in [1.807, 2.05) is 42.5 Å². The van der Waals surface area contributed by atoms with Gasteiger partial charge >= 0.3 is 0 Å². The fourth-order valence-corrected chi connectivity index (χ4v) is 1.57. The first-order valence-corrected chi connectivity index (χ1v) is 4.73. The molecule has 0 amide bonds. The van der Waals surface area contributed by atoms with Gasteiger partial charge in [-0.05, 0) is 11.5 Å². The number of rotatable bonds is 2. The molecule has 0 aliphatic heterocycles. The summed E-state index contributed by atoms with van der Waals surface area (Å²) < 4.78 is 5.21. The Labute approximate surface area is 81.0 Å². The van der Waals surface area contributed by atoms with Crippen molar-refractivity contribution in [2.24, 2.45) is 5.14 Å². The molecule has 2 rings (SSSR count). The molecule has 0 fully saturated rings. The van der Waals surface area contributed by atoms with Gasteiger partial charge in [-0.3, -0.25) is 0 Å². The van der Waals surface area contributed by atoms with Gasteiger partial charge in [0.2, 0.25) is 0 Å². The lowest BCUT2D eigenvalue weighted by Crippen LogP contribution is -1.87. The maximum atomic E-state index is 5.25. The molecular formula is C10H9NOS. The maximum Gasteiger partial charge on any atom is 0.147 e. The highest BCUT2D eigenvalue weighted by Crippen LogP contribution is 2.26. The summed E-state index contributed by atoms with van der Waals surface area (Å²) in [5, 5.41) is 7.49. The number of hydrogen-bond donors (Lipinski definition) is 1. The number of nitrogens with two attached hydrogens (primary N) is 1. The van der Waals surface area contributed by atoms with Gasteiger partial charge < -0.3 is 4.18 Å². The Morgan fingerprint density at radius 2 is 1.77 bits per heavy atom. The van der Waals surface area contributed by atoms with Gasteiger partial charge in [0.05, 0.1) is 0 Å². The van der Waals surface area contributed by atoms with Crippen LogP contribution in [0.15, 0.2) is 42.5 Å². The van der Waals surface area contributed by atoms with E-state index in [4.69, 9.17) is 9.32 Å². The number of benzene rings is 2. The molecule has 0 atom stereocenters. The Hall–Kier alpha value is -1.19. The minimum absolute atomic E-state index is 0.811. The average molecular weight is 191 g/mol. The van der Waals surface area contributed by atoms with Crippen LogP contribution in [0.4, 0.5) is 0 Å². The molecule has 2 N–H and O–H groups in total.